The fourth-order valence-corrected chi connectivity index (χ4v) is 3.38. The molecule has 1 aromatic carbocycles. The number of halogens is 1. The summed E-state index contributed by atoms with van der Waals surface area (Å²) in [6.45, 7) is 2.11. The van der Waals surface area contributed by atoms with Crippen molar-refractivity contribution >= 4 is 35.5 Å². The van der Waals surface area contributed by atoms with Gasteiger partial charge in [0.05, 0.1) is 5.02 Å². The standard InChI is InChI=1S/C17H14ClN3O3S/c1-10-2-3-12(24-10)4-5-15-19-17(21-20-15)25-8-11-6-13(18)16-14(7-11)22-9-23-16/h2-7H,8-9H2,1H3,(H,19,20,21)/b5-4+. The van der Waals surface area contributed by atoms with Crippen LogP contribution in [0.3, 0.4) is 0 Å². The van der Waals surface area contributed by atoms with Crippen molar-refractivity contribution in [3.63, 3.8) is 0 Å². The maximum absolute atomic E-state index is 6.19. The van der Waals surface area contributed by atoms with Crippen LogP contribution in [0.5, 0.6) is 11.5 Å². The number of nitrogens with one attached hydrogen (secondary N) is 1. The van der Waals surface area contributed by atoms with Gasteiger partial charge < -0.3 is 13.9 Å². The summed E-state index contributed by atoms with van der Waals surface area (Å²) in [5, 5.41) is 8.30. The number of nitrogens with zero attached hydrogens (tertiary/aromatic N) is 2. The van der Waals surface area contributed by atoms with Gasteiger partial charge in [-0.3, -0.25) is 5.10 Å². The molecule has 0 saturated carbocycles. The molecule has 1 aliphatic rings. The molecule has 0 radical (unpaired) electrons. The fourth-order valence-electron chi connectivity index (χ4n) is 2.35. The second-order valence-electron chi connectivity index (χ2n) is 5.39. The van der Waals surface area contributed by atoms with Gasteiger partial charge in [-0.15, -0.1) is 5.10 Å². The highest BCUT2D eigenvalue weighted by atomic mass is 35.5. The largest absolute Gasteiger partial charge is 0.462 e. The summed E-state index contributed by atoms with van der Waals surface area (Å²) in [6, 6.07) is 7.61. The minimum absolute atomic E-state index is 0.206. The number of ether oxygens (including phenoxy) is 2. The van der Waals surface area contributed by atoms with Gasteiger partial charge in [0.2, 0.25) is 11.9 Å². The van der Waals surface area contributed by atoms with E-state index in [0.717, 1.165) is 17.1 Å². The second-order valence-corrected chi connectivity index (χ2v) is 6.73. The third-order valence-electron chi connectivity index (χ3n) is 3.50. The Kier molecular flexibility index (Phi) is 4.42. The minimum atomic E-state index is 0.206. The van der Waals surface area contributed by atoms with Crippen molar-refractivity contribution in [3.8, 4) is 11.5 Å². The van der Waals surface area contributed by atoms with Crippen LogP contribution in [0, 0.1) is 6.92 Å². The average molecular weight is 376 g/mol. The highest BCUT2D eigenvalue weighted by molar-refractivity contribution is 7.98. The number of aromatic nitrogens is 3. The van der Waals surface area contributed by atoms with Crippen molar-refractivity contribution in [2.45, 2.75) is 17.8 Å². The molecule has 3 heterocycles. The Bertz CT molecular complexity index is 935. The molecule has 0 aliphatic carbocycles. The van der Waals surface area contributed by atoms with Crippen LogP contribution in [-0.4, -0.2) is 22.0 Å². The maximum Gasteiger partial charge on any atom is 0.231 e. The number of hydrogen-bond donors (Lipinski definition) is 1. The van der Waals surface area contributed by atoms with E-state index in [2.05, 4.69) is 15.2 Å². The van der Waals surface area contributed by atoms with Gasteiger partial charge in [-0.2, -0.15) is 0 Å². The first-order valence-electron chi connectivity index (χ1n) is 7.55. The zero-order chi connectivity index (χ0) is 17.2. The van der Waals surface area contributed by atoms with Crippen LogP contribution in [-0.2, 0) is 5.75 Å². The Hall–Kier alpha value is -2.38. The molecular weight excluding hydrogens is 362 g/mol. The van der Waals surface area contributed by atoms with Crippen LogP contribution >= 0.6 is 23.4 Å². The molecule has 2 aromatic heterocycles. The van der Waals surface area contributed by atoms with Gasteiger partial charge in [-0.25, -0.2) is 4.98 Å². The number of thioether (sulfide) groups is 1. The summed E-state index contributed by atoms with van der Waals surface area (Å²) in [5.41, 5.74) is 1.02. The number of aryl methyl sites for hydroxylation is 1. The van der Waals surface area contributed by atoms with Crippen molar-refractivity contribution in [2.24, 2.45) is 0 Å². The molecule has 6 nitrogen and oxygen atoms in total. The van der Waals surface area contributed by atoms with Gasteiger partial charge in [-0.05, 0) is 48.9 Å². The molecule has 25 heavy (non-hydrogen) atoms. The Labute approximate surface area is 153 Å². The molecule has 0 saturated heterocycles. The van der Waals surface area contributed by atoms with Crippen molar-refractivity contribution < 1.29 is 13.9 Å². The number of aromatic amines is 1. The summed E-state index contributed by atoms with van der Waals surface area (Å²) < 4.78 is 16.2. The van der Waals surface area contributed by atoms with Gasteiger partial charge in [0.1, 0.15) is 17.3 Å². The summed E-state index contributed by atoms with van der Waals surface area (Å²) in [6.07, 6.45) is 3.67. The zero-order valence-corrected chi connectivity index (χ0v) is 14.9. The summed E-state index contributed by atoms with van der Waals surface area (Å²) >= 11 is 7.70. The third-order valence-corrected chi connectivity index (χ3v) is 4.70. The smallest absolute Gasteiger partial charge is 0.231 e. The quantitative estimate of drug-likeness (QED) is 0.659. The van der Waals surface area contributed by atoms with Crippen molar-refractivity contribution in [1.29, 1.82) is 0 Å². The zero-order valence-electron chi connectivity index (χ0n) is 13.3. The normalized spacial score (nSPS) is 13.0. The molecule has 4 rings (SSSR count). The Balaban J connectivity index is 1.40. The summed E-state index contributed by atoms with van der Waals surface area (Å²) in [4.78, 5) is 4.42. The molecule has 1 aliphatic heterocycles. The fraction of sp³-hybridized carbons (Fsp3) is 0.176. The van der Waals surface area contributed by atoms with Crippen LogP contribution in [0.25, 0.3) is 12.2 Å². The molecule has 8 heteroatoms. The number of hydrogen-bond acceptors (Lipinski definition) is 6. The van der Waals surface area contributed by atoms with Gasteiger partial charge in [0.25, 0.3) is 0 Å². The van der Waals surface area contributed by atoms with Crippen molar-refractivity contribution in [1.82, 2.24) is 15.2 Å². The van der Waals surface area contributed by atoms with E-state index < -0.39 is 0 Å². The van der Waals surface area contributed by atoms with Gasteiger partial charge >= 0.3 is 0 Å². The predicted molar refractivity (Wildman–Crippen MR) is 95.9 cm³/mol. The molecule has 3 aromatic rings. The van der Waals surface area contributed by atoms with Crippen molar-refractivity contribution in [3.05, 3.63) is 52.2 Å². The average Bonchev–Trinajstić information content (AvgIpc) is 3.31. The number of H-pyrrole nitrogens is 1. The van der Waals surface area contributed by atoms with E-state index in [1.165, 1.54) is 11.8 Å². The molecule has 0 fully saturated rings. The summed E-state index contributed by atoms with van der Waals surface area (Å²) in [5.74, 6) is 4.27. The van der Waals surface area contributed by atoms with E-state index in [1.807, 2.05) is 43.3 Å². The van der Waals surface area contributed by atoms with Gasteiger partial charge in [0.15, 0.2) is 11.5 Å². The molecule has 0 spiro atoms. The lowest BCUT2D eigenvalue weighted by Crippen LogP contribution is -1.93. The predicted octanol–water partition coefficient (Wildman–Crippen LogP) is 4.55. The minimum Gasteiger partial charge on any atom is -0.462 e. The molecule has 0 amide bonds. The molecule has 0 bridgehead atoms. The monoisotopic (exact) mass is 375 g/mol. The van der Waals surface area contributed by atoms with E-state index in [-0.39, 0.29) is 6.79 Å². The topological polar surface area (TPSA) is 73.2 Å². The Morgan fingerprint density at radius 3 is 3.04 bits per heavy atom. The molecule has 0 atom stereocenters. The Morgan fingerprint density at radius 2 is 2.20 bits per heavy atom. The number of fused-ring (bicyclic) bond motifs is 1. The molecular formula is C17H14ClN3O3S. The van der Waals surface area contributed by atoms with E-state index in [9.17, 15) is 0 Å². The van der Waals surface area contributed by atoms with Crippen LogP contribution in [0.15, 0.2) is 33.8 Å². The third kappa shape index (κ3) is 3.67. The summed E-state index contributed by atoms with van der Waals surface area (Å²) in [7, 11) is 0. The first kappa shape index (κ1) is 16.1. The van der Waals surface area contributed by atoms with Crippen LogP contribution < -0.4 is 9.47 Å². The highest BCUT2D eigenvalue weighted by Gasteiger charge is 2.18. The van der Waals surface area contributed by atoms with Crippen molar-refractivity contribution in [2.75, 3.05) is 6.79 Å². The van der Waals surface area contributed by atoms with E-state index >= 15 is 0 Å². The highest BCUT2D eigenvalue weighted by Crippen LogP contribution is 2.40. The maximum atomic E-state index is 6.19. The number of rotatable bonds is 5. The number of benzene rings is 1. The lowest BCUT2D eigenvalue weighted by molar-refractivity contribution is 0.174. The van der Waals surface area contributed by atoms with E-state index in [4.69, 9.17) is 25.5 Å². The lowest BCUT2D eigenvalue weighted by Gasteiger charge is -2.03. The first-order valence-corrected chi connectivity index (χ1v) is 8.91. The Morgan fingerprint density at radius 1 is 1.28 bits per heavy atom. The number of furan rings is 1. The SMILES string of the molecule is Cc1ccc(/C=C/c2nc(SCc3cc(Cl)c4c(c3)OCO4)n[nH]2)o1. The van der Waals surface area contributed by atoms with Crippen LogP contribution in [0.4, 0.5) is 0 Å². The van der Waals surface area contributed by atoms with Gasteiger partial charge in [0, 0.05) is 5.75 Å². The second kappa shape index (κ2) is 6.85. The molecule has 128 valence electrons. The van der Waals surface area contributed by atoms with Crippen LogP contribution in [0.1, 0.15) is 22.9 Å². The van der Waals surface area contributed by atoms with Gasteiger partial charge in [-0.1, -0.05) is 23.4 Å². The first-order chi connectivity index (χ1) is 12.2. The van der Waals surface area contributed by atoms with Crippen LogP contribution in [0.2, 0.25) is 5.02 Å². The molecule has 1 N–H and O–H groups in total. The lowest BCUT2D eigenvalue weighted by atomic mass is 10.2. The van der Waals surface area contributed by atoms with E-state index in [1.54, 1.807) is 0 Å². The molecule has 0 unspecified atom stereocenters. The van der Waals surface area contributed by atoms with E-state index in [0.29, 0.717) is 33.3 Å².